The van der Waals surface area contributed by atoms with Crippen LogP contribution in [0.3, 0.4) is 0 Å². The maximum Gasteiger partial charge on any atom is 0.0949 e. The minimum absolute atomic E-state index is 0.0724. The first-order valence-electron chi connectivity index (χ1n) is 11.4. The topological polar surface area (TPSA) is 40.5 Å². The summed E-state index contributed by atoms with van der Waals surface area (Å²) in [6, 6.07) is 0. The molecule has 2 N–H and O–H groups in total. The summed E-state index contributed by atoms with van der Waals surface area (Å²) in [5.74, 6) is 0. The normalized spacial score (nSPS) is 16.5. The van der Waals surface area contributed by atoms with E-state index < -0.39 is 28.4 Å². The monoisotopic (exact) mass is 452 g/mol. The summed E-state index contributed by atoms with van der Waals surface area (Å²) in [5, 5.41) is 24.9. The molecule has 0 saturated heterocycles. The first-order valence-corrected chi connectivity index (χ1v) is 17.4. The Morgan fingerprint density at radius 1 is 0.533 bits per heavy atom. The molecule has 2 unspecified atom stereocenters. The Hall–Kier alpha value is -0.346. The van der Waals surface area contributed by atoms with Gasteiger partial charge in [-0.25, -0.2) is 0 Å². The molecular formula is C26H52O2Si2. The van der Waals surface area contributed by atoms with E-state index in [0.717, 1.165) is 10.4 Å². The molecule has 30 heavy (non-hydrogen) atoms. The molecule has 2 nitrogen and oxygen atoms in total. The summed E-state index contributed by atoms with van der Waals surface area (Å²) in [4.78, 5) is 0. The molecule has 0 aliphatic carbocycles. The Labute approximate surface area is 190 Å². The van der Waals surface area contributed by atoms with Gasteiger partial charge in [-0.3, -0.25) is 0 Å². The maximum absolute atomic E-state index is 11.4. The predicted molar refractivity (Wildman–Crippen MR) is 139 cm³/mol. The van der Waals surface area contributed by atoms with Crippen molar-refractivity contribution < 1.29 is 10.2 Å². The second-order valence-electron chi connectivity index (χ2n) is 14.4. The van der Waals surface area contributed by atoms with E-state index in [0.29, 0.717) is 0 Å². The summed E-state index contributed by atoms with van der Waals surface area (Å²) in [7, 11) is -4.09. The lowest BCUT2D eigenvalue weighted by molar-refractivity contribution is 0.0990. The molecule has 0 saturated carbocycles. The van der Waals surface area contributed by atoms with Gasteiger partial charge in [-0.05, 0) is 31.3 Å². The van der Waals surface area contributed by atoms with Gasteiger partial charge in [0, 0.05) is 0 Å². The maximum atomic E-state index is 11.4. The molecule has 0 bridgehead atoms. The van der Waals surface area contributed by atoms with Crippen molar-refractivity contribution in [3.05, 3.63) is 21.9 Å². The molecule has 0 rings (SSSR count). The third kappa shape index (κ3) is 6.58. The molecule has 2 atom stereocenters. The Balaban J connectivity index is 7.53. The second-order valence-corrected chi connectivity index (χ2v) is 24.9. The quantitative estimate of drug-likeness (QED) is 0.342. The molecule has 0 aliphatic rings. The highest BCUT2D eigenvalue weighted by Gasteiger charge is 2.46. The van der Waals surface area contributed by atoms with Crippen LogP contribution in [0.4, 0.5) is 0 Å². The van der Waals surface area contributed by atoms with Crippen molar-refractivity contribution in [2.75, 3.05) is 0 Å². The van der Waals surface area contributed by atoms with Crippen molar-refractivity contribution in [1.82, 2.24) is 0 Å². The lowest BCUT2D eigenvalue weighted by atomic mass is 9.88. The molecule has 176 valence electrons. The zero-order valence-electron chi connectivity index (χ0n) is 23.0. The first-order chi connectivity index (χ1) is 12.8. The summed E-state index contributed by atoms with van der Waals surface area (Å²) < 4.78 is 0. The average Bonchev–Trinajstić information content (AvgIpc) is 2.45. The van der Waals surface area contributed by atoms with Gasteiger partial charge in [-0.2, -0.15) is 0 Å². The van der Waals surface area contributed by atoms with Crippen LogP contribution < -0.4 is 0 Å². The summed E-state index contributed by atoms with van der Waals surface area (Å²) in [5.41, 5.74) is 6.48. The van der Waals surface area contributed by atoms with E-state index in [1.165, 1.54) is 0 Å². The molecule has 0 aliphatic heterocycles. The van der Waals surface area contributed by atoms with Crippen LogP contribution in [0.25, 0.3) is 0 Å². The number of aliphatic hydroxyl groups excluding tert-OH is 2. The number of hydrogen-bond acceptors (Lipinski definition) is 2. The third-order valence-electron chi connectivity index (χ3n) is 7.62. The van der Waals surface area contributed by atoms with E-state index in [2.05, 4.69) is 121 Å². The van der Waals surface area contributed by atoms with Gasteiger partial charge in [0.1, 0.15) is 0 Å². The highest BCUT2D eigenvalue weighted by molar-refractivity contribution is 6.87. The van der Waals surface area contributed by atoms with Crippen molar-refractivity contribution in [2.24, 2.45) is 10.8 Å². The van der Waals surface area contributed by atoms with Crippen molar-refractivity contribution in [3.63, 3.8) is 0 Å². The van der Waals surface area contributed by atoms with Gasteiger partial charge in [0.15, 0.2) is 0 Å². The standard InChI is InChI=1S/C26H52O2Si2/c1-23(2,3)21(27)19(29(13,14)25(7,8)9)17-18-20(22(28)24(4,5)6)30(15,16)26(10,11)12/h21-22,27-28H,1-16H3. The average molecular weight is 453 g/mol. The van der Waals surface area contributed by atoms with Gasteiger partial charge in [0.25, 0.3) is 0 Å². The number of aliphatic hydroxyl groups is 2. The zero-order valence-corrected chi connectivity index (χ0v) is 25.0. The largest absolute Gasteiger partial charge is 0.388 e. The number of rotatable bonds is 4. The van der Waals surface area contributed by atoms with Crippen molar-refractivity contribution >= 4 is 16.1 Å². The number of hydrogen-bond donors (Lipinski definition) is 2. The summed E-state index contributed by atoms with van der Waals surface area (Å²) >= 11 is 0. The van der Waals surface area contributed by atoms with Crippen molar-refractivity contribution in [1.29, 1.82) is 0 Å². The minimum atomic E-state index is -2.05. The van der Waals surface area contributed by atoms with Crippen LogP contribution in [0.15, 0.2) is 21.9 Å². The molecule has 0 radical (unpaired) electrons. The van der Waals surface area contributed by atoms with E-state index >= 15 is 0 Å². The van der Waals surface area contributed by atoms with Crippen LogP contribution in [0, 0.1) is 10.8 Å². The van der Waals surface area contributed by atoms with Crippen molar-refractivity contribution in [2.45, 2.75) is 132 Å². The third-order valence-corrected chi connectivity index (χ3v) is 18.6. The molecule has 4 heteroatoms. The van der Waals surface area contributed by atoms with Gasteiger partial charge in [0.2, 0.25) is 0 Å². The van der Waals surface area contributed by atoms with Crippen molar-refractivity contribution in [3.8, 4) is 0 Å². The Morgan fingerprint density at radius 3 is 0.867 bits per heavy atom. The lowest BCUT2D eigenvalue weighted by Crippen LogP contribution is -2.47. The summed E-state index contributed by atoms with van der Waals surface area (Å²) in [6.45, 7) is 35.3. The zero-order chi connectivity index (χ0) is 24.7. The van der Waals surface area contributed by atoms with Crippen LogP contribution in [0.5, 0.6) is 0 Å². The van der Waals surface area contributed by atoms with Crippen LogP contribution in [-0.2, 0) is 0 Å². The van der Waals surface area contributed by atoms with Gasteiger partial charge in [-0.15, -0.1) is 0 Å². The molecule has 0 spiro atoms. The van der Waals surface area contributed by atoms with Crippen LogP contribution in [0.1, 0.15) is 83.1 Å². The van der Waals surface area contributed by atoms with Crippen LogP contribution in [-0.4, -0.2) is 38.6 Å². The van der Waals surface area contributed by atoms with E-state index in [-0.39, 0.29) is 20.9 Å². The van der Waals surface area contributed by atoms with Crippen LogP contribution >= 0.6 is 0 Å². The fraction of sp³-hybridized carbons (Fsp3) is 0.846. The van der Waals surface area contributed by atoms with E-state index in [1.54, 1.807) is 0 Å². The smallest absolute Gasteiger partial charge is 0.0949 e. The SMILES string of the molecule is CC(C)(C)C(O)C(=C=C=C(C(O)C(C)(C)C)[Si](C)(C)C(C)(C)C)[Si](C)(C)C(C)(C)C. The van der Waals surface area contributed by atoms with E-state index in [4.69, 9.17) is 0 Å². The molecule has 0 heterocycles. The van der Waals surface area contributed by atoms with E-state index in [1.807, 2.05) is 0 Å². The molecule has 0 aromatic carbocycles. The fourth-order valence-corrected chi connectivity index (χ4v) is 7.54. The van der Waals surface area contributed by atoms with E-state index in [9.17, 15) is 10.2 Å². The first kappa shape index (κ1) is 29.7. The second kappa shape index (κ2) is 8.89. The Morgan fingerprint density at radius 2 is 0.733 bits per heavy atom. The lowest BCUT2D eigenvalue weighted by Gasteiger charge is -2.43. The predicted octanol–water partition coefficient (Wildman–Crippen LogP) is 7.50. The minimum Gasteiger partial charge on any atom is -0.388 e. The Bertz CT molecular complexity index is 642. The molecule has 0 aromatic rings. The highest BCUT2D eigenvalue weighted by atomic mass is 28.3. The molecule has 0 aromatic heterocycles. The Kier molecular flexibility index (Phi) is 8.79. The van der Waals surface area contributed by atoms with Gasteiger partial charge < -0.3 is 10.2 Å². The van der Waals surface area contributed by atoms with Gasteiger partial charge in [-0.1, -0.05) is 121 Å². The molecule has 0 amide bonds. The summed E-state index contributed by atoms with van der Waals surface area (Å²) in [6.07, 6.45) is -1.17. The van der Waals surface area contributed by atoms with Gasteiger partial charge >= 0.3 is 0 Å². The molecule has 0 fully saturated rings. The highest BCUT2D eigenvalue weighted by Crippen LogP contribution is 2.45. The fourth-order valence-electron chi connectivity index (χ4n) is 2.94. The van der Waals surface area contributed by atoms with Crippen LogP contribution in [0.2, 0.25) is 36.3 Å². The van der Waals surface area contributed by atoms with Gasteiger partial charge in [0.05, 0.1) is 28.4 Å². The molecular weight excluding hydrogens is 400 g/mol.